The minimum absolute atomic E-state index is 0.0779. The fourth-order valence-electron chi connectivity index (χ4n) is 3.68. The van der Waals surface area contributed by atoms with E-state index >= 15 is 0 Å². The molecule has 6 heteroatoms. The number of benzene rings is 1. The Morgan fingerprint density at radius 1 is 1.21 bits per heavy atom. The van der Waals surface area contributed by atoms with Crippen LogP contribution < -0.4 is 16.4 Å². The lowest BCUT2D eigenvalue weighted by Gasteiger charge is -2.30. The maximum Gasteiger partial charge on any atom is 0.220 e. The van der Waals surface area contributed by atoms with Crippen molar-refractivity contribution in [2.24, 2.45) is 16.6 Å². The molecule has 1 aliphatic heterocycles. The number of aliphatic imine (C=N–C) groups is 1. The first-order valence-electron chi connectivity index (χ1n) is 11.1. The molecule has 0 aromatic heterocycles. The number of guanidine groups is 1. The molecule has 0 aliphatic carbocycles. The molecule has 0 saturated carbocycles. The first kappa shape index (κ1) is 23.2. The van der Waals surface area contributed by atoms with Gasteiger partial charge in [0.15, 0.2) is 5.96 Å². The Labute approximate surface area is 176 Å². The Morgan fingerprint density at radius 3 is 2.52 bits per heavy atom. The summed E-state index contributed by atoms with van der Waals surface area (Å²) in [5.41, 5.74) is 8.02. The van der Waals surface area contributed by atoms with Gasteiger partial charge in [0, 0.05) is 31.5 Å². The highest BCUT2D eigenvalue weighted by molar-refractivity contribution is 5.79. The number of hydrogen-bond donors (Lipinski definition) is 3. The number of amides is 1. The third kappa shape index (κ3) is 8.44. The SMILES string of the molecule is CCNC(=NCC(C)c1ccc(C)cc1)NCCCCN1CCC(C(N)=O)CC1. The van der Waals surface area contributed by atoms with E-state index in [0.29, 0.717) is 5.92 Å². The van der Waals surface area contributed by atoms with E-state index in [1.165, 1.54) is 11.1 Å². The van der Waals surface area contributed by atoms with Gasteiger partial charge in [0.1, 0.15) is 0 Å². The molecule has 1 saturated heterocycles. The molecule has 1 amide bonds. The molecule has 0 radical (unpaired) electrons. The Balaban J connectivity index is 1.66. The van der Waals surface area contributed by atoms with E-state index in [2.05, 4.69) is 60.6 Å². The molecular weight excluding hydrogens is 362 g/mol. The topological polar surface area (TPSA) is 82.8 Å². The molecule has 1 heterocycles. The number of carbonyl (C=O) groups excluding carboxylic acids is 1. The van der Waals surface area contributed by atoms with Crippen LogP contribution in [0.15, 0.2) is 29.3 Å². The normalized spacial score (nSPS) is 17.1. The molecule has 6 nitrogen and oxygen atoms in total. The highest BCUT2D eigenvalue weighted by atomic mass is 16.1. The molecule has 4 N–H and O–H groups in total. The van der Waals surface area contributed by atoms with Crippen LogP contribution in [0.25, 0.3) is 0 Å². The van der Waals surface area contributed by atoms with Crippen molar-refractivity contribution in [3.8, 4) is 0 Å². The van der Waals surface area contributed by atoms with E-state index in [-0.39, 0.29) is 11.8 Å². The average Bonchev–Trinajstić information content (AvgIpc) is 2.72. The molecule has 162 valence electrons. The van der Waals surface area contributed by atoms with Gasteiger partial charge in [-0.25, -0.2) is 0 Å². The van der Waals surface area contributed by atoms with Crippen molar-refractivity contribution in [1.82, 2.24) is 15.5 Å². The number of piperidine rings is 1. The Morgan fingerprint density at radius 2 is 1.90 bits per heavy atom. The van der Waals surface area contributed by atoms with E-state index in [9.17, 15) is 4.79 Å². The summed E-state index contributed by atoms with van der Waals surface area (Å²) in [5.74, 6) is 1.23. The summed E-state index contributed by atoms with van der Waals surface area (Å²) in [6, 6.07) is 8.72. The third-order valence-corrected chi connectivity index (χ3v) is 5.70. The maximum atomic E-state index is 11.2. The molecule has 0 bridgehead atoms. The third-order valence-electron chi connectivity index (χ3n) is 5.70. The molecule has 2 rings (SSSR count). The van der Waals surface area contributed by atoms with E-state index in [0.717, 1.165) is 70.9 Å². The number of carbonyl (C=O) groups is 1. The second kappa shape index (κ2) is 12.5. The van der Waals surface area contributed by atoms with Gasteiger partial charge in [0.25, 0.3) is 0 Å². The van der Waals surface area contributed by atoms with Crippen LogP contribution in [0.5, 0.6) is 0 Å². The van der Waals surface area contributed by atoms with Gasteiger partial charge < -0.3 is 21.3 Å². The highest BCUT2D eigenvalue weighted by Gasteiger charge is 2.22. The lowest BCUT2D eigenvalue weighted by Crippen LogP contribution is -2.39. The largest absolute Gasteiger partial charge is 0.369 e. The van der Waals surface area contributed by atoms with Crippen molar-refractivity contribution in [3.05, 3.63) is 35.4 Å². The molecule has 1 aromatic rings. The highest BCUT2D eigenvalue weighted by Crippen LogP contribution is 2.17. The van der Waals surface area contributed by atoms with Crippen molar-refractivity contribution >= 4 is 11.9 Å². The minimum Gasteiger partial charge on any atom is -0.369 e. The average molecular weight is 402 g/mol. The number of primary amides is 1. The molecule has 1 atom stereocenters. The minimum atomic E-state index is -0.138. The number of nitrogens with two attached hydrogens (primary N) is 1. The first-order valence-corrected chi connectivity index (χ1v) is 11.1. The second-order valence-electron chi connectivity index (χ2n) is 8.18. The number of nitrogens with one attached hydrogen (secondary N) is 2. The van der Waals surface area contributed by atoms with Gasteiger partial charge in [-0.3, -0.25) is 9.79 Å². The summed E-state index contributed by atoms with van der Waals surface area (Å²) < 4.78 is 0. The molecule has 1 aliphatic rings. The van der Waals surface area contributed by atoms with Crippen molar-refractivity contribution in [3.63, 3.8) is 0 Å². The molecular formula is C23H39N5O. The molecule has 29 heavy (non-hydrogen) atoms. The molecule has 1 fully saturated rings. The Kier molecular flexibility index (Phi) is 9.98. The number of unbranched alkanes of at least 4 members (excludes halogenated alkanes) is 1. The van der Waals surface area contributed by atoms with Gasteiger partial charge in [-0.15, -0.1) is 0 Å². The predicted molar refractivity (Wildman–Crippen MR) is 121 cm³/mol. The molecule has 1 unspecified atom stereocenters. The fourth-order valence-corrected chi connectivity index (χ4v) is 3.68. The zero-order valence-electron chi connectivity index (χ0n) is 18.4. The standard InChI is InChI=1S/C23H39N5O/c1-4-25-23(27-17-19(3)20-9-7-18(2)8-10-20)26-13-5-6-14-28-15-11-21(12-16-28)22(24)29/h7-10,19,21H,4-6,11-17H2,1-3H3,(H2,24,29)(H2,25,26,27). The van der Waals surface area contributed by atoms with Crippen LogP contribution in [-0.4, -0.2) is 56.0 Å². The van der Waals surface area contributed by atoms with Crippen LogP contribution in [0.1, 0.15) is 56.6 Å². The van der Waals surface area contributed by atoms with Gasteiger partial charge in [0.05, 0.1) is 0 Å². The van der Waals surface area contributed by atoms with Gasteiger partial charge in [-0.05, 0) is 64.7 Å². The summed E-state index contributed by atoms with van der Waals surface area (Å²) in [7, 11) is 0. The summed E-state index contributed by atoms with van der Waals surface area (Å²) in [6.45, 7) is 12.0. The van der Waals surface area contributed by atoms with Crippen molar-refractivity contribution < 1.29 is 4.79 Å². The van der Waals surface area contributed by atoms with E-state index in [1.54, 1.807) is 0 Å². The second-order valence-corrected chi connectivity index (χ2v) is 8.18. The first-order chi connectivity index (χ1) is 14.0. The van der Waals surface area contributed by atoms with Crippen molar-refractivity contribution in [2.45, 2.75) is 52.4 Å². The number of rotatable bonds is 10. The number of likely N-dealkylation sites (tertiary alicyclic amines) is 1. The number of hydrogen-bond acceptors (Lipinski definition) is 3. The van der Waals surface area contributed by atoms with Crippen molar-refractivity contribution in [2.75, 3.05) is 39.3 Å². The van der Waals surface area contributed by atoms with E-state index in [1.807, 2.05) is 0 Å². The van der Waals surface area contributed by atoms with Crippen LogP contribution in [0.3, 0.4) is 0 Å². The van der Waals surface area contributed by atoms with Crippen LogP contribution >= 0.6 is 0 Å². The molecule has 0 spiro atoms. The summed E-state index contributed by atoms with van der Waals surface area (Å²) in [6.07, 6.45) is 4.06. The Hall–Kier alpha value is -2.08. The monoisotopic (exact) mass is 401 g/mol. The smallest absolute Gasteiger partial charge is 0.220 e. The fraction of sp³-hybridized carbons (Fsp3) is 0.652. The van der Waals surface area contributed by atoms with Gasteiger partial charge in [-0.2, -0.15) is 0 Å². The lowest BCUT2D eigenvalue weighted by atomic mass is 9.96. The maximum absolute atomic E-state index is 11.2. The summed E-state index contributed by atoms with van der Waals surface area (Å²) in [5, 5.41) is 6.79. The van der Waals surface area contributed by atoms with Gasteiger partial charge in [0.2, 0.25) is 5.91 Å². The quantitative estimate of drug-likeness (QED) is 0.320. The zero-order valence-corrected chi connectivity index (χ0v) is 18.4. The van der Waals surface area contributed by atoms with E-state index < -0.39 is 0 Å². The van der Waals surface area contributed by atoms with Crippen LogP contribution in [0, 0.1) is 12.8 Å². The van der Waals surface area contributed by atoms with Crippen molar-refractivity contribution in [1.29, 1.82) is 0 Å². The summed E-state index contributed by atoms with van der Waals surface area (Å²) >= 11 is 0. The van der Waals surface area contributed by atoms with E-state index in [4.69, 9.17) is 10.7 Å². The van der Waals surface area contributed by atoms with Crippen LogP contribution in [0.4, 0.5) is 0 Å². The van der Waals surface area contributed by atoms with Crippen LogP contribution in [0.2, 0.25) is 0 Å². The number of nitrogens with zero attached hydrogens (tertiary/aromatic N) is 2. The summed E-state index contributed by atoms with van der Waals surface area (Å²) in [4.78, 5) is 18.5. The van der Waals surface area contributed by atoms with Gasteiger partial charge in [-0.1, -0.05) is 36.8 Å². The predicted octanol–water partition coefficient (Wildman–Crippen LogP) is 2.63. The molecule has 1 aromatic carbocycles. The van der Waals surface area contributed by atoms with Gasteiger partial charge >= 0.3 is 0 Å². The van der Waals surface area contributed by atoms with Crippen LogP contribution in [-0.2, 0) is 4.79 Å². The zero-order chi connectivity index (χ0) is 21.1. The lowest BCUT2D eigenvalue weighted by molar-refractivity contribution is -0.123. The number of aryl methyl sites for hydroxylation is 1. The Bertz CT molecular complexity index is 635.